The number of fused-ring (bicyclic) bond motifs is 2. The molecule has 10 nitrogen and oxygen atoms in total. The summed E-state index contributed by atoms with van der Waals surface area (Å²) in [6.45, 7) is 0.279. The molecule has 0 bridgehead atoms. The number of oxazole rings is 1. The van der Waals surface area contributed by atoms with Crippen molar-refractivity contribution in [1.82, 2.24) is 29.8 Å². The third-order valence-corrected chi connectivity index (χ3v) is 6.11. The van der Waals surface area contributed by atoms with E-state index in [1.54, 1.807) is 31.3 Å². The van der Waals surface area contributed by atoms with Gasteiger partial charge in [0.15, 0.2) is 11.2 Å². The van der Waals surface area contributed by atoms with Crippen molar-refractivity contribution in [1.29, 1.82) is 0 Å². The molecule has 1 aromatic carbocycles. The second kappa shape index (κ2) is 9.02. The number of nitrogens with one attached hydrogen (secondary N) is 2. The number of carbonyl (C=O) groups excluding carboxylic acids is 2. The summed E-state index contributed by atoms with van der Waals surface area (Å²) in [4.78, 5) is 41.7. The molecule has 0 spiro atoms. The number of amides is 2. The molecular weight excluding hydrogens is 474 g/mol. The lowest BCUT2D eigenvalue weighted by Gasteiger charge is -2.21. The summed E-state index contributed by atoms with van der Waals surface area (Å²) in [6, 6.07) is 8.01. The van der Waals surface area contributed by atoms with Crippen LogP contribution >= 0.6 is 0 Å². The van der Waals surface area contributed by atoms with Crippen LogP contribution in [0.5, 0.6) is 0 Å². The molecule has 0 fully saturated rings. The standard InChI is InChI=1S/C24H22F2N6O4/c1-31-17-10-15(2-3-19(17)36-23(31)35)13-27-21(33)16-11-18(32-20(30-16)6-9-29-32)22(34)28-12-14-4-7-24(25,26)8-5-14/h2-4,6,9-11H,5,7-8,12-13H2,1H3,(H,27,33)(H,28,34). The predicted octanol–water partition coefficient (Wildman–Crippen LogP) is 2.58. The van der Waals surface area contributed by atoms with Crippen molar-refractivity contribution in [3.05, 3.63) is 75.7 Å². The van der Waals surface area contributed by atoms with Crippen LogP contribution < -0.4 is 16.4 Å². The topological polar surface area (TPSA) is 124 Å². The van der Waals surface area contributed by atoms with E-state index in [9.17, 15) is 23.2 Å². The van der Waals surface area contributed by atoms with Gasteiger partial charge in [-0.1, -0.05) is 17.7 Å². The molecule has 1 aliphatic carbocycles. The Bertz CT molecular complexity index is 1580. The fourth-order valence-corrected chi connectivity index (χ4v) is 4.03. The summed E-state index contributed by atoms with van der Waals surface area (Å²) < 4.78 is 34.5. The van der Waals surface area contributed by atoms with Gasteiger partial charge in [-0.15, -0.1) is 0 Å². The Morgan fingerprint density at radius 2 is 1.94 bits per heavy atom. The number of nitrogens with zero attached hydrogens (tertiary/aromatic N) is 4. The number of benzene rings is 1. The van der Waals surface area contributed by atoms with E-state index in [2.05, 4.69) is 20.7 Å². The minimum absolute atomic E-state index is 0.0152. The van der Waals surface area contributed by atoms with E-state index in [0.29, 0.717) is 16.7 Å². The molecule has 0 saturated heterocycles. The minimum atomic E-state index is -2.71. The number of rotatable bonds is 6. The van der Waals surface area contributed by atoms with Crippen LogP contribution in [-0.2, 0) is 13.6 Å². The second-order valence-corrected chi connectivity index (χ2v) is 8.64. The molecule has 5 rings (SSSR count). The molecule has 4 aromatic rings. The Balaban J connectivity index is 1.31. The summed E-state index contributed by atoms with van der Waals surface area (Å²) in [7, 11) is 1.59. The SMILES string of the molecule is Cn1c(=O)oc2ccc(CNC(=O)c3cc(C(=O)NCC4=CCC(F)(F)CC4)n4nccc4n3)cc21. The van der Waals surface area contributed by atoms with Crippen LogP contribution in [0.3, 0.4) is 0 Å². The fourth-order valence-electron chi connectivity index (χ4n) is 4.03. The summed E-state index contributed by atoms with van der Waals surface area (Å²) in [5.74, 6) is -4.20. The van der Waals surface area contributed by atoms with Gasteiger partial charge in [0.05, 0.1) is 11.7 Å². The molecule has 186 valence electrons. The van der Waals surface area contributed by atoms with Gasteiger partial charge in [0.1, 0.15) is 11.4 Å². The van der Waals surface area contributed by atoms with E-state index in [0.717, 1.165) is 11.1 Å². The maximum atomic E-state index is 13.4. The highest BCUT2D eigenvalue weighted by Crippen LogP contribution is 2.31. The van der Waals surface area contributed by atoms with Crippen LogP contribution in [0.1, 0.15) is 45.8 Å². The quantitative estimate of drug-likeness (QED) is 0.396. The number of hydrogen-bond acceptors (Lipinski definition) is 6. The summed E-state index contributed by atoms with van der Waals surface area (Å²) in [5.41, 5.74) is 2.92. The van der Waals surface area contributed by atoms with Crippen LogP contribution in [0, 0.1) is 0 Å². The van der Waals surface area contributed by atoms with Crippen molar-refractivity contribution in [2.45, 2.75) is 31.7 Å². The molecule has 0 aliphatic heterocycles. The van der Waals surface area contributed by atoms with Crippen molar-refractivity contribution < 1.29 is 22.8 Å². The van der Waals surface area contributed by atoms with Gasteiger partial charge in [0.25, 0.3) is 17.7 Å². The van der Waals surface area contributed by atoms with Gasteiger partial charge in [-0.05, 0) is 24.1 Å². The zero-order valence-electron chi connectivity index (χ0n) is 19.3. The molecule has 0 unspecified atom stereocenters. The average molecular weight is 496 g/mol. The molecule has 1 aliphatic rings. The molecule has 2 amide bonds. The monoisotopic (exact) mass is 496 g/mol. The first kappa shape index (κ1) is 23.4. The van der Waals surface area contributed by atoms with Crippen LogP contribution in [0.15, 0.2) is 57.4 Å². The lowest BCUT2D eigenvalue weighted by molar-refractivity contribution is -0.00878. The third kappa shape index (κ3) is 4.61. The first-order valence-electron chi connectivity index (χ1n) is 11.3. The molecule has 0 atom stereocenters. The average Bonchev–Trinajstić information content (AvgIpc) is 3.45. The Morgan fingerprint density at radius 1 is 1.14 bits per heavy atom. The lowest BCUT2D eigenvalue weighted by atomic mass is 9.96. The minimum Gasteiger partial charge on any atom is -0.408 e. The van der Waals surface area contributed by atoms with Crippen molar-refractivity contribution in [2.24, 2.45) is 7.05 Å². The van der Waals surface area contributed by atoms with Crippen molar-refractivity contribution in [3.63, 3.8) is 0 Å². The molecule has 12 heteroatoms. The zero-order valence-corrected chi connectivity index (χ0v) is 19.3. The Labute approximate surface area is 202 Å². The summed E-state index contributed by atoms with van der Waals surface area (Å²) in [6.07, 6.45) is 2.52. The van der Waals surface area contributed by atoms with E-state index < -0.39 is 23.5 Å². The largest absolute Gasteiger partial charge is 0.419 e. The fraction of sp³-hybridized carbons (Fsp3) is 0.292. The molecule has 36 heavy (non-hydrogen) atoms. The van der Waals surface area contributed by atoms with Crippen molar-refractivity contribution in [3.8, 4) is 0 Å². The smallest absolute Gasteiger partial charge is 0.408 e. The predicted molar refractivity (Wildman–Crippen MR) is 125 cm³/mol. The van der Waals surface area contributed by atoms with E-state index in [4.69, 9.17) is 4.42 Å². The number of hydrogen-bond donors (Lipinski definition) is 2. The highest BCUT2D eigenvalue weighted by Gasteiger charge is 2.30. The number of allylic oxidation sites excluding steroid dienone is 1. The van der Waals surface area contributed by atoms with Crippen LogP contribution in [-0.4, -0.2) is 43.4 Å². The third-order valence-electron chi connectivity index (χ3n) is 6.11. The maximum Gasteiger partial charge on any atom is 0.419 e. The number of aromatic nitrogens is 4. The van der Waals surface area contributed by atoms with Gasteiger partial charge >= 0.3 is 5.76 Å². The molecule has 3 aromatic heterocycles. The maximum absolute atomic E-state index is 13.4. The van der Waals surface area contributed by atoms with Gasteiger partial charge in [-0.3, -0.25) is 14.2 Å². The van der Waals surface area contributed by atoms with Crippen LogP contribution in [0.25, 0.3) is 16.7 Å². The van der Waals surface area contributed by atoms with Crippen LogP contribution in [0.4, 0.5) is 8.78 Å². The highest BCUT2D eigenvalue weighted by atomic mass is 19.3. The van der Waals surface area contributed by atoms with Gasteiger partial charge in [0.2, 0.25) is 0 Å². The number of alkyl halides is 2. The molecule has 3 heterocycles. The first-order valence-corrected chi connectivity index (χ1v) is 11.3. The van der Waals surface area contributed by atoms with E-state index in [1.165, 1.54) is 27.4 Å². The summed E-state index contributed by atoms with van der Waals surface area (Å²) >= 11 is 0. The second-order valence-electron chi connectivity index (χ2n) is 8.64. The van der Waals surface area contributed by atoms with Gasteiger partial charge in [-0.2, -0.15) is 5.10 Å². The first-order chi connectivity index (χ1) is 17.2. The van der Waals surface area contributed by atoms with Gasteiger partial charge in [-0.25, -0.2) is 23.1 Å². The van der Waals surface area contributed by atoms with E-state index >= 15 is 0 Å². The lowest BCUT2D eigenvalue weighted by Crippen LogP contribution is -2.31. The molecule has 0 saturated carbocycles. The number of aryl methyl sites for hydroxylation is 1. The zero-order chi connectivity index (χ0) is 25.4. The molecule has 0 radical (unpaired) electrons. The van der Waals surface area contributed by atoms with E-state index in [-0.39, 0.29) is 43.7 Å². The van der Waals surface area contributed by atoms with Crippen LogP contribution in [0.2, 0.25) is 0 Å². The number of carbonyl (C=O) groups is 2. The van der Waals surface area contributed by atoms with Crippen molar-refractivity contribution in [2.75, 3.05) is 6.54 Å². The normalized spacial score (nSPS) is 15.1. The van der Waals surface area contributed by atoms with Gasteiger partial charge < -0.3 is 15.1 Å². The molecular formula is C24H22F2N6O4. The van der Waals surface area contributed by atoms with Gasteiger partial charge in [0, 0.05) is 45.1 Å². The summed E-state index contributed by atoms with van der Waals surface area (Å²) in [5, 5.41) is 9.57. The Morgan fingerprint density at radius 3 is 2.72 bits per heavy atom. The number of halogens is 2. The Kier molecular flexibility index (Phi) is 5.86. The highest BCUT2D eigenvalue weighted by molar-refractivity contribution is 5.98. The Hall–Kier alpha value is -4.35. The molecule has 2 N–H and O–H groups in total. The van der Waals surface area contributed by atoms with Crippen molar-refractivity contribution >= 4 is 28.6 Å². The van der Waals surface area contributed by atoms with E-state index in [1.807, 2.05) is 0 Å².